The molecular weight excluding hydrogens is 377 g/mol. The molecule has 0 radical (unpaired) electrons. The molecule has 4 N–H and O–H groups in total. The van der Waals surface area contributed by atoms with Crippen LogP contribution in [0.3, 0.4) is 0 Å². The van der Waals surface area contributed by atoms with Crippen LogP contribution >= 0.6 is 11.6 Å². The Morgan fingerprint density at radius 3 is 2.15 bits per heavy atom. The average Bonchev–Trinajstić information content (AvgIpc) is 2.54. The van der Waals surface area contributed by atoms with Gasteiger partial charge in [0.15, 0.2) is 0 Å². The van der Waals surface area contributed by atoms with Gasteiger partial charge in [-0.05, 0) is 37.1 Å². The molecule has 1 aromatic carbocycles. The number of aliphatic hydroxyl groups is 2. The van der Waals surface area contributed by atoms with Gasteiger partial charge in [-0.25, -0.2) is 0 Å². The highest BCUT2D eigenvalue weighted by molar-refractivity contribution is 6.30. The second kappa shape index (κ2) is 9.75. The maximum Gasteiger partial charge on any atom is 0.453 e. The minimum absolute atomic E-state index is 0.130. The van der Waals surface area contributed by atoms with E-state index in [4.69, 9.17) is 21.8 Å². The van der Waals surface area contributed by atoms with Crippen LogP contribution in [0.4, 0.5) is 18.9 Å². The third-order valence-electron chi connectivity index (χ3n) is 3.46. The number of anilines is 1. The van der Waals surface area contributed by atoms with Crippen molar-refractivity contribution >= 4 is 29.1 Å². The molecule has 0 bridgehead atoms. The molecule has 26 heavy (non-hydrogen) atoms. The number of benzene rings is 1. The Hall–Kier alpha value is -1.84. The molecular formula is C16H20ClF3N2O4. The van der Waals surface area contributed by atoms with Crippen LogP contribution in [0.15, 0.2) is 24.3 Å². The number of carbonyl (C=O) groups is 2. The Labute approximate surface area is 153 Å². The van der Waals surface area contributed by atoms with Crippen molar-refractivity contribution in [3.05, 3.63) is 29.3 Å². The second-order valence-corrected chi connectivity index (χ2v) is 6.08. The molecule has 146 valence electrons. The van der Waals surface area contributed by atoms with Crippen LogP contribution < -0.4 is 10.6 Å². The summed E-state index contributed by atoms with van der Waals surface area (Å²) in [4.78, 5) is 22.8. The fourth-order valence-corrected chi connectivity index (χ4v) is 2.10. The molecule has 0 saturated carbocycles. The van der Waals surface area contributed by atoms with Crippen LogP contribution in [0, 0.1) is 0 Å². The van der Waals surface area contributed by atoms with Gasteiger partial charge in [-0.2, -0.15) is 13.2 Å². The first-order valence-electron chi connectivity index (χ1n) is 7.89. The molecule has 10 heteroatoms. The fraction of sp³-hybridized carbons (Fsp3) is 0.500. The average molecular weight is 397 g/mol. The summed E-state index contributed by atoms with van der Waals surface area (Å²) in [7, 11) is 0. The van der Waals surface area contributed by atoms with Gasteiger partial charge in [0.05, 0.1) is 0 Å². The molecule has 1 aromatic rings. The third-order valence-corrected chi connectivity index (χ3v) is 3.71. The van der Waals surface area contributed by atoms with E-state index in [9.17, 15) is 22.8 Å². The molecule has 0 spiro atoms. The van der Waals surface area contributed by atoms with Crippen molar-refractivity contribution in [3.63, 3.8) is 0 Å². The largest absolute Gasteiger partial charge is 0.453 e. The summed E-state index contributed by atoms with van der Waals surface area (Å²) in [5.41, 5.74) is 0.628. The van der Waals surface area contributed by atoms with Crippen LogP contribution in [0.5, 0.6) is 0 Å². The van der Waals surface area contributed by atoms with E-state index in [0.29, 0.717) is 36.4 Å². The minimum atomic E-state index is -5.46. The second-order valence-electron chi connectivity index (χ2n) is 5.65. The zero-order chi connectivity index (χ0) is 19.8. The minimum Gasteiger partial charge on any atom is -0.351 e. The fourth-order valence-electron chi connectivity index (χ4n) is 1.97. The Bertz CT molecular complexity index is 607. The van der Waals surface area contributed by atoms with E-state index in [2.05, 4.69) is 5.32 Å². The summed E-state index contributed by atoms with van der Waals surface area (Å²) in [6.45, 7) is -0.130. The quantitative estimate of drug-likeness (QED) is 0.381. The predicted octanol–water partition coefficient (Wildman–Crippen LogP) is 2.59. The number of rotatable bonds is 9. The number of nitrogens with one attached hydrogen (secondary N) is 2. The van der Waals surface area contributed by atoms with Gasteiger partial charge in [-0.1, -0.05) is 24.4 Å². The van der Waals surface area contributed by atoms with Gasteiger partial charge >= 0.3 is 12.0 Å². The summed E-state index contributed by atoms with van der Waals surface area (Å²) in [5, 5.41) is 22.5. The SMILES string of the molecule is O=C(CCCCCCNC(=O)C(O)(O)C(F)(F)F)Nc1ccc(Cl)cc1. The lowest BCUT2D eigenvalue weighted by Gasteiger charge is -2.22. The van der Waals surface area contributed by atoms with Gasteiger partial charge in [0, 0.05) is 23.7 Å². The van der Waals surface area contributed by atoms with E-state index in [1.807, 2.05) is 5.32 Å². The first-order valence-corrected chi connectivity index (χ1v) is 8.27. The topological polar surface area (TPSA) is 98.7 Å². The normalized spacial score (nSPS) is 11.9. The van der Waals surface area contributed by atoms with Crippen LogP contribution in [-0.4, -0.2) is 40.5 Å². The molecule has 0 aromatic heterocycles. The van der Waals surface area contributed by atoms with Crippen molar-refractivity contribution in [3.8, 4) is 0 Å². The Morgan fingerprint density at radius 1 is 1.00 bits per heavy atom. The van der Waals surface area contributed by atoms with E-state index in [1.54, 1.807) is 24.3 Å². The molecule has 0 atom stereocenters. The van der Waals surface area contributed by atoms with Crippen molar-refractivity contribution in [2.24, 2.45) is 0 Å². The molecule has 0 aliphatic rings. The Balaban J connectivity index is 2.13. The van der Waals surface area contributed by atoms with Crippen LogP contribution in [0.1, 0.15) is 32.1 Å². The van der Waals surface area contributed by atoms with Gasteiger partial charge in [-0.15, -0.1) is 0 Å². The third kappa shape index (κ3) is 7.19. The first-order chi connectivity index (χ1) is 12.0. The number of carbonyl (C=O) groups excluding carboxylic acids is 2. The highest BCUT2D eigenvalue weighted by Gasteiger charge is 2.58. The molecule has 0 aliphatic heterocycles. The first kappa shape index (κ1) is 22.2. The van der Waals surface area contributed by atoms with Crippen LogP contribution in [-0.2, 0) is 9.59 Å². The molecule has 2 amide bonds. The van der Waals surface area contributed by atoms with Crippen molar-refractivity contribution in [1.82, 2.24) is 5.32 Å². The van der Waals surface area contributed by atoms with Gasteiger partial charge in [-0.3, -0.25) is 9.59 Å². The number of alkyl halides is 3. The van der Waals surface area contributed by atoms with Crippen molar-refractivity contribution in [2.45, 2.75) is 44.1 Å². The summed E-state index contributed by atoms with van der Waals surface area (Å²) >= 11 is 5.74. The molecule has 0 unspecified atom stereocenters. The number of halogens is 4. The van der Waals surface area contributed by atoms with Gasteiger partial charge in [0.25, 0.3) is 5.91 Å². The molecule has 6 nitrogen and oxygen atoms in total. The van der Waals surface area contributed by atoms with Gasteiger partial charge in [0.1, 0.15) is 0 Å². The molecule has 0 saturated heterocycles. The lowest BCUT2D eigenvalue weighted by Crippen LogP contribution is -2.57. The molecule has 0 aliphatic carbocycles. The number of hydrogen-bond acceptors (Lipinski definition) is 4. The van der Waals surface area contributed by atoms with Crippen molar-refractivity contribution in [1.29, 1.82) is 0 Å². The van der Waals surface area contributed by atoms with Crippen LogP contribution in [0.25, 0.3) is 0 Å². The van der Waals surface area contributed by atoms with E-state index in [0.717, 1.165) is 0 Å². The zero-order valence-electron chi connectivity index (χ0n) is 13.8. The number of amides is 2. The van der Waals surface area contributed by atoms with Gasteiger partial charge in [0.2, 0.25) is 5.91 Å². The van der Waals surface area contributed by atoms with Crippen molar-refractivity contribution < 1.29 is 33.0 Å². The Kier molecular flexibility index (Phi) is 8.32. The lowest BCUT2D eigenvalue weighted by molar-refractivity contribution is -0.328. The molecule has 0 heterocycles. The molecule has 0 fully saturated rings. The summed E-state index contributed by atoms with van der Waals surface area (Å²) in [5.74, 6) is -6.48. The maximum absolute atomic E-state index is 12.2. The number of unbranched alkanes of at least 4 members (excludes halogenated alkanes) is 3. The standard InChI is InChI=1S/C16H20ClF3N2O4/c17-11-6-8-12(9-7-11)22-13(23)5-3-1-2-4-10-21-14(24)15(25,26)16(18,19)20/h6-9,25-26H,1-5,10H2,(H,21,24)(H,22,23). The molecule has 1 rings (SSSR count). The Morgan fingerprint density at radius 2 is 1.58 bits per heavy atom. The zero-order valence-corrected chi connectivity index (χ0v) is 14.5. The lowest BCUT2D eigenvalue weighted by atomic mass is 10.1. The summed E-state index contributed by atoms with van der Waals surface area (Å²) in [6.07, 6.45) is -3.08. The van der Waals surface area contributed by atoms with Crippen LogP contribution in [0.2, 0.25) is 5.02 Å². The highest BCUT2D eigenvalue weighted by Crippen LogP contribution is 2.28. The number of hydrogen-bond donors (Lipinski definition) is 4. The van der Waals surface area contributed by atoms with Crippen molar-refractivity contribution in [2.75, 3.05) is 11.9 Å². The van der Waals surface area contributed by atoms with E-state index >= 15 is 0 Å². The summed E-state index contributed by atoms with van der Waals surface area (Å²) in [6, 6.07) is 6.65. The van der Waals surface area contributed by atoms with E-state index < -0.39 is 17.9 Å². The highest BCUT2D eigenvalue weighted by atomic mass is 35.5. The van der Waals surface area contributed by atoms with E-state index in [-0.39, 0.29) is 18.9 Å². The monoisotopic (exact) mass is 396 g/mol. The summed E-state index contributed by atoms with van der Waals surface area (Å²) < 4.78 is 36.6. The van der Waals surface area contributed by atoms with Gasteiger partial charge < -0.3 is 20.8 Å². The smallest absolute Gasteiger partial charge is 0.351 e. The predicted molar refractivity (Wildman–Crippen MR) is 89.4 cm³/mol. The van der Waals surface area contributed by atoms with E-state index in [1.165, 1.54) is 0 Å². The maximum atomic E-state index is 12.2.